The van der Waals surface area contributed by atoms with Crippen LogP contribution in [-0.2, 0) is 9.40 Å². The topological polar surface area (TPSA) is 69.4 Å². The molecule has 7 heteroatoms. The summed E-state index contributed by atoms with van der Waals surface area (Å²) in [5, 5.41) is 8.22. The van der Waals surface area contributed by atoms with Gasteiger partial charge in [0.25, 0.3) is 5.09 Å². The van der Waals surface area contributed by atoms with Crippen LogP contribution in [-0.4, -0.2) is 10.9 Å². The van der Waals surface area contributed by atoms with Crippen molar-refractivity contribution in [1.82, 2.24) is 0 Å². The fraction of sp³-hybridized carbons (Fsp3) is 1.00. The molecule has 9 heavy (non-hydrogen) atoms. The van der Waals surface area contributed by atoms with Crippen molar-refractivity contribution >= 4 is 8.11 Å². The van der Waals surface area contributed by atoms with E-state index in [1.54, 1.807) is 0 Å². The SMILES string of the molecule is CC(O[N+](=O)[O-])[P+](=O)F. The highest BCUT2D eigenvalue weighted by molar-refractivity contribution is 7.39. The van der Waals surface area contributed by atoms with Crippen molar-refractivity contribution in [1.29, 1.82) is 0 Å². The highest BCUT2D eigenvalue weighted by atomic mass is 31.1. The molecule has 0 aromatic rings. The van der Waals surface area contributed by atoms with E-state index in [-0.39, 0.29) is 0 Å². The molecule has 0 spiro atoms. The lowest BCUT2D eigenvalue weighted by molar-refractivity contribution is -0.761. The molecule has 0 saturated carbocycles. The third kappa shape index (κ3) is 3.78. The van der Waals surface area contributed by atoms with Crippen molar-refractivity contribution in [3.05, 3.63) is 10.1 Å². The third-order valence-corrected chi connectivity index (χ3v) is 1.19. The second-order valence-corrected chi connectivity index (χ2v) is 2.47. The van der Waals surface area contributed by atoms with Gasteiger partial charge in [0.15, 0.2) is 0 Å². The van der Waals surface area contributed by atoms with Gasteiger partial charge in [0, 0.05) is 6.92 Å². The summed E-state index contributed by atoms with van der Waals surface area (Å²) < 4.78 is 21.3. The van der Waals surface area contributed by atoms with Crippen molar-refractivity contribution in [3.8, 4) is 0 Å². The maximum Gasteiger partial charge on any atom is 0.588 e. The molecule has 0 bridgehead atoms. The van der Waals surface area contributed by atoms with E-state index in [9.17, 15) is 18.9 Å². The molecule has 0 amide bonds. The van der Waals surface area contributed by atoms with Gasteiger partial charge < -0.3 is 0 Å². The zero-order valence-corrected chi connectivity index (χ0v) is 5.38. The molecule has 0 saturated heterocycles. The number of hydrogen-bond acceptors (Lipinski definition) is 4. The van der Waals surface area contributed by atoms with Gasteiger partial charge in [0.05, 0.1) is 4.20 Å². The minimum atomic E-state index is -3.11. The van der Waals surface area contributed by atoms with Crippen molar-refractivity contribution < 1.29 is 18.7 Å². The van der Waals surface area contributed by atoms with Gasteiger partial charge in [-0.2, -0.15) is 0 Å². The molecule has 0 radical (unpaired) electrons. The Hall–Kier alpha value is -0.770. The highest BCUT2D eigenvalue weighted by Crippen LogP contribution is 2.29. The predicted octanol–water partition coefficient (Wildman–Crippen LogP) is 1.25. The largest absolute Gasteiger partial charge is 0.588 e. The molecular formula is C2H4FNO4P+. The molecule has 2 unspecified atom stereocenters. The Labute approximate surface area is 50.8 Å². The molecule has 52 valence electrons. The average molecular weight is 156 g/mol. The first-order valence-corrected chi connectivity index (χ1v) is 3.19. The summed E-state index contributed by atoms with van der Waals surface area (Å²) in [6, 6.07) is 0. The van der Waals surface area contributed by atoms with E-state index in [1.165, 1.54) is 0 Å². The van der Waals surface area contributed by atoms with Crippen LogP contribution >= 0.6 is 8.11 Å². The second kappa shape index (κ2) is 3.29. The Bertz CT molecular complexity index is 139. The van der Waals surface area contributed by atoms with Crippen LogP contribution in [0.1, 0.15) is 6.92 Å². The zero-order valence-electron chi connectivity index (χ0n) is 4.48. The van der Waals surface area contributed by atoms with Crippen LogP contribution in [0.15, 0.2) is 0 Å². The highest BCUT2D eigenvalue weighted by Gasteiger charge is 2.29. The molecular weight excluding hydrogens is 152 g/mol. The van der Waals surface area contributed by atoms with Crippen LogP contribution < -0.4 is 0 Å². The van der Waals surface area contributed by atoms with E-state index in [2.05, 4.69) is 4.84 Å². The molecule has 0 aromatic carbocycles. The van der Waals surface area contributed by atoms with E-state index in [0.29, 0.717) is 0 Å². The first-order chi connectivity index (χ1) is 4.04. The van der Waals surface area contributed by atoms with Crippen molar-refractivity contribution in [2.75, 3.05) is 0 Å². The van der Waals surface area contributed by atoms with E-state index in [4.69, 9.17) is 0 Å². The molecule has 0 aliphatic heterocycles. The fourth-order valence-corrected chi connectivity index (χ4v) is 0.313. The summed E-state index contributed by atoms with van der Waals surface area (Å²) >= 11 is 0. The van der Waals surface area contributed by atoms with E-state index in [1.807, 2.05) is 0 Å². The normalized spacial score (nSPS) is 14.2. The quantitative estimate of drug-likeness (QED) is 0.350. The number of halogens is 1. The van der Waals surface area contributed by atoms with Crippen LogP contribution in [0.25, 0.3) is 0 Å². The lowest BCUT2D eigenvalue weighted by Gasteiger charge is -1.89. The van der Waals surface area contributed by atoms with Crippen LogP contribution in [0.5, 0.6) is 0 Å². The Balaban J connectivity index is 3.63. The van der Waals surface area contributed by atoms with Crippen LogP contribution in [0.2, 0.25) is 0 Å². The molecule has 0 rings (SSSR count). The minimum Gasteiger partial charge on any atom is -0.255 e. The molecule has 0 aliphatic rings. The van der Waals surface area contributed by atoms with Crippen molar-refractivity contribution in [3.63, 3.8) is 0 Å². The van der Waals surface area contributed by atoms with Crippen LogP contribution in [0.4, 0.5) is 4.20 Å². The molecule has 0 aromatic heterocycles. The number of hydrogen-bond donors (Lipinski definition) is 0. The van der Waals surface area contributed by atoms with Gasteiger partial charge in [-0.25, -0.2) is 0 Å². The Morgan fingerprint density at radius 3 is 2.44 bits per heavy atom. The lowest BCUT2D eigenvalue weighted by atomic mass is 10.9. The molecule has 0 aliphatic carbocycles. The van der Waals surface area contributed by atoms with Gasteiger partial charge >= 0.3 is 14.0 Å². The Morgan fingerprint density at radius 2 is 2.33 bits per heavy atom. The van der Waals surface area contributed by atoms with Crippen LogP contribution in [0.3, 0.4) is 0 Å². The average Bonchev–Trinajstić information content (AvgIpc) is 1.63. The summed E-state index contributed by atoms with van der Waals surface area (Å²) in [4.78, 5) is 13.0. The predicted molar refractivity (Wildman–Crippen MR) is 26.3 cm³/mol. The summed E-state index contributed by atoms with van der Waals surface area (Å²) in [6.07, 6.45) is 0. The smallest absolute Gasteiger partial charge is 0.255 e. The van der Waals surface area contributed by atoms with Gasteiger partial charge in [0.1, 0.15) is 0 Å². The number of rotatable bonds is 3. The van der Waals surface area contributed by atoms with Gasteiger partial charge in [-0.1, -0.05) is 0 Å². The minimum absolute atomic E-state index is 1.02. The summed E-state index contributed by atoms with van der Waals surface area (Å²) in [6.45, 7) is 1.02. The molecule has 5 nitrogen and oxygen atoms in total. The summed E-state index contributed by atoms with van der Waals surface area (Å²) in [5.74, 6) is -1.46. The van der Waals surface area contributed by atoms with Gasteiger partial charge in [-0.15, -0.1) is 10.1 Å². The van der Waals surface area contributed by atoms with Crippen molar-refractivity contribution in [2.45, 2.75) is 12.8 Å². The first kappa shape index (κ1) is 8.23. The lowest BCUT2D eigenvalue weighted by Crippen LogP contribution is -2.07. The zero-order chi connectivity index (χ0) is 7.44. The maximum absolute atomic E-state index is 11.5. The van der Waals surface area contributed by atoms with Crippen LogP contribution in [0, 0.1) is 10.1 Å². The van der Waals surface area contributed by atoms with E-state index >= 15 is 0 Å². The third-order valence-electron chi connectivity index (χ3n) is 0.524. The van der Waals surface area contributed by atoms with Crippen molar-refractivity contribution in [2.24, 2.45) is 0 Å². The number of nitrogens with zero attached hydrogens (tertiary/aromatic N) is 1. The molecule has 2 atom stereocenters. The maximum atomic E-state index is 11.5. The first-order valence-electron chi connectivity index (χ1n) is 1.97. The van der Waals surface area contributed by atoms with Gasteiger partial charge in [-0.05, 0) is 4.57 Å². The second-order valence-electron chi connectivity index (χ2n) is 1.20. The monoisotopic (exact) mass is 156 g/mol. The van der Waals surface area contributed by atoms with E-state index < -0.39 is 19.0 Å². The standard InChI is InChI=1S/C2H4FNO4P/c1-2(9(3)7)8-4(5)6/h2H,1H3/q+1. The Kier molecular flexibility index (Phi) is 3.01. The fourth-order valence-electron chi connectivity index (χ4n) is 0.162. The Morgan fingerprint density at radius 1 is 1.89 bits per heavy atom. The summed E-state index contributed by atoms with van der Waals surface area (Å²) in [5.41, 5.74) is 0. The summed E-state index contributed by atoms with van der Waals surface area (Å²) in [7, 11) is -3.11. The van der Waals surface area contributed by atoms with Gasteiger partial charge in [0.2, 0.25) is 0 Å². The molecule has 0 fully saturated rings. The van der Waals surface area contributed by atoms with E-state index in [0.717, 1.165) is 6.92 Å². The molecule has 0 N–H and O–H groups in total. The molecule has 0 heterocycles. The van der Waals surface area contributed by atoms with Gasteiger partial charge in [-0.3, -0.25) is 4.84 Å².